The third kappa shape index (κ3) is 3.55. The third-order valence-electron chi connectivity index (χ3n) is 2.47. The van der Waals surface area contributed by atoms with Crippen LogP contribution in [0.25, 0.3) is 0 Å². The second kappa shape index (κ2) is 5.55. The Kier molecular flexibility index (Phi) is 4.62. The van der Waals surface area contributed by atoms with Gasteiger partial charge in [-0.05, 0) is 32.1 Å². The third-order valence-corrected chi connectivity index (χ3v) is 2.47. The highest BCUT2D eigenvalue weighted by Crippen LogP contribution is 2.18. The average Bonchev–Trinajstić information content (AvgIpc) is 2.53. The number of rotatable bonds is 5. The molecule has 1 saturated heterocycles. The highest BCUT2D eigenvalue weighted by atomic mass is 16.5. The van der Waals surface area contributed by atoms with Crippen LogP contribution in [0.3, 0.4) is 0 Å². The Hall–Kier alpha value is -0.0800. The highest BCUT2D eigenvalue weighted by molar-refractivity contribution is 4.67. The molecule has 2 nitrogen and oxygen atoms in total. The molecular formula is C10H20O2. The number of aliphatic hydroxyl groups is 1. The molecule has 12 heavy (non-hydrogen) atoms. The van der Waals surface area contributed by atoms with Crippen molar-refractivity contribution in [2.75, 3.05) is 6.61 Å². The van der Waals surface area contributed by atoms with E-state index in [1.165, 1.54) is 12.8 Å². The minimum Gasteiger partial charge on any atom is -0.393 e. The second-order valence-electron chi connectivity index (χ2n) is 3.65. The summed E-state index contributed by atoms with van der Waals surface area (Å²) in [5, 5.41) is 9.45. The molecule has 0 aromatic heterocycles. The molecule has 0 aliphatic carbocycles. The molecule has 72 valence electrons. The summed E-state index contributed by atoms with van der Waals surface area (Å²) in [7, 11) is 0. The molecule has 1 rings (SSSR count). The van der Waals surface area contributed by atoms with Crippen LogP contribution < -0.4 is 0 Å². The number of aliphatic hydroxyl groups excluding tert-OH is 1. The van der Waals surface area contributed by atoms with Crippen LogP contribution in [-0.2, 0) is 4.74 Å². The lowest BCUT2D eigenvalue weighted by atomic mass is 10.1. The van der Waals surface area contributed by atoms with Gasteiger partial charge in [0.1, 0.15) is 0 Å². The van der Waals surface area contributed by atoms with Crippen LogP contribution >= 0.6 is 0 Å². The first-order valence-corrected chi connectivity index (χ1v) is 5.12. The van der Waals surface area contributed by atoms with Gasteiger partial charge in [-0.25, -0.2) is 0 Å². The summed E-state index contributed by atoms with van der Waals surface area (Å²) in [6.07, 6.45) is 6.71. The summed E-state index contributed by atoms with van der Waals surface area (Å²) in [6, 6.07) is 0. The molecule has 2 heteroatoms. The first-order valence-electron chi connectivity index (χ1n) is 5.12. The molecule has 0 saturated carbocycles. The minimum atomic E-state index is -0.0980. The Labute approximate surface area is 74.9 Å². The van der Waals surface area contributed by atoms with Gasteiger partial charge < -0.3 is 9.84 Å². The number of ether oxygens (including phenoxy) is 1. The zero-order valence-corrected chi connectivity index (χ0v) is 7.96. The smallest absolute Gasteiger partial charge is 0.0577 e. The van der Waals surface area contributed by atoms with Gasteiger partial charge in [0, 0.05) is 6.61 Å². The quantitative estimate of drug-likeness (QED) is 0.688. The van der Waals surface area contributed by atoms with Gasteiger partial charge in [0.05, 0.1) is 12.2 Å². The lowest BCUT2D eigenvalue weighted by Crippen LogP contribution is -2.12. The van der Waals surface area contributed by atoms with E-state index in [0.29, 0.717) is 6.10 Å². The van der Waals surface area contributed by atoms with Crippen molar-refractivity contribution in [1.82, 2.24) is 0 Å². The Bertz CT molecular complexity index is 108. The van der Waals surface area contributed by atoms with E-state index in [0.717, 1.165) is 32.3 Å². The molecule has 1 fully saturated rings. The van der Waals surface area contributed by atoms with Crippen LogP contribution in [0.5, 0.6) is 0 Å². The second-order valence-corrected chi connectivity index (χ2v) is 3.65. The van der Waals surface area contributed by atoms with Gasteiger partial charge in [-0.2, -0.15) is 0 Å². The number of hydrogen-bond acceptors (Lipinski definition) is 2. The fourth-order valence-corrected chi connectivity index (χ4v) is 1.73. The van der Waals surface area contributed by atoms with Crippen molar-refractivity contribution in [3.05, 3.63) is 0 Å². The van der Waals surface area contributed by atoms with Gasteiger partial charge in [0.15, 0.2) is 0 Å². The van der Waals surface area contributed by atoms with Crippen LogP contribution in [0.4, 0.5) is 0 Å². The Balaban J connectivity index is 1.99. The van der Waals surface area contributed by atoms with Crippen molar-refractivity contribution in [2.45, 2.75) is 57.7 Å². The fourth-order valence-electron chi connectivity index (χ4n) is 1.73. The standard InChI is InChI=1S/C10H20O2/c1-2-4-9(11)6-7-10-5-3-8-12-10/h9-11H,2-8H2,1H3. The predicted molar refractivity (Wildman–Crippen MR) is 49.1 cm³/mol. The zero-order valence-electron chi connectivity index (χ0n) is 7.96. The summed E-state index contributed by atoms with van der Waals surface area (Å²) in [5.41, 5.74) is 0. The Morgan fingerprint density at radius 1 is 1.50 bits per heavy atom. The molecule has 1 aliphatic rings. The molecule has 0 aromatic carbocycles. The molecule has 1 aliphatic heterocycles. The van der Waals surface area contributed by atoms with Gasteiger partial charge >= 0.3 is 0 Å². The van der Waals surface area contributed by atoms with Gasteiger partial charge in [-0.1, -0.05) is 13.3 Å². The molecule has 1 heterocycles. The fraction of sp³-hybridized carbons (Fsp3) is 1.00. The lowest BCUT2D eigenvalue weighted by molar-refractivity contribution is 0.0788. The van der Waals surface area contributed by atoms with E-state index in [1.807, 2.05) is 0 Å². The molecule has 0 aromatic rings. The topological polar surface area (TPSA) is 29.5 Å². The predicted octanol–water partition coefficient (Wildman–Crippen LogP) is 2.11. The first-order chi connectivity index (χ1) is 5.83. The van der Waals surface area contributed by atoms with Gasteiger partial charge in [-0.3, -0.25) is 0 Å². The summed E-state index contributed by atoms with van der Waals surface area (Å²) in [5.74, 6) is 0. The summed E-state index contributed by atoms with van der Waals surface area (Å²) < 4.78 is 5.47. The Morgan fingerprint density at radius 2 is 2.33 bits per heavy atom. The van der Waals surface area contributed by atoms with Crippen molar-refractivity contribution in [1.29, 1.82) is 0 Å². The maximum Gasteiger partial charge on any atom is 0.0577 e. The molecular weight excluding hydrogens is 152 g/mol. The van der Waals surface area contributed by atoms with E-state index < -0.39 is 0 Å². The van der Waals surface area contributed by atoms with Crippen LogP contribution in [-0.4, -0.2) is 23.9 Å². The summed E-state index contributed by atoms with van der Waals surface area (Å²) >= 11 is 0. The van der Waals surface area contributed by atoms with Crippen LogP contribution in [0.1, 0.15) is 45.4 Å². The van der Waals surface area contributed by atoms with E-state index in [1.54, 1.807) is 0 Å². The molecule has 0 amide bonds. The van der Waals surface area contributed by atoms with Crippen molar-refractivity contribution in [2.24, 2.45) is 0 Å². The van der Waals surface area contributed by atoms with Crippen LogP contribution in [0, 0.1) is 0 Å². The van der Waals surface area contributed by atoms with E-state index in [-0.39, 0.29) is 6.10 Å². The van der Waals surface area contributed by atoms with Crippen LogP contribution in [0.15, 0.2) is 0 Å². The molecule has 2 atom stereocenters. The normalized spacial score (nSPS) is 26.0. The van der Waals surface area contributed by atoms with E-state index in [4.69, 9.17) is 4.74 Å². The van der Waals surface area contributed by atoms with Crippen molar-refractivity contribution in [3.8, 4) is 0 Å². The summed E-state index contributed by atoms with van der Waals surface area (Å²) in [4.78, 5) is 0. The highest BCUT2D eigenvalue weighted by Gasteiger charge is 2.16. The Morgan fingerprint density at radius 3 is 2.92 bits per heavy atom. The van der Waals surface area contributed by atoms with Gasteiger partial charge in [0.25, 0.3) is 0 Å². The monoisotopic (exact) mass is 172 g/mol. The van der Waals surface area contributed by atoms with E-state index in [9.17, 15) is 5.11 Å². The lowest BCUT2D eigenvalue weighted by Gasteiger charge is -2.12. The van der Waals surface area contributed by atoms with Gasteiger partial charge in [-0.15, -0.1) is 0 Å². The average molecular weight is 172 g/mol. The zero-order chi connectivity index (χ0) is 8.81. The SMILES string of the molecule is CCCC(O)CCC1CCCO1. The van der Waals surface area contributed by atoms with Gasteiger partial charge in [0.2, 0.25) is 0 Å². The maximum atomic E-state index is 9.45. The maximum absolute atomic E-state index is 9.45. The van der Waals surface area contributed by atoms with E-state index in [2.05, 4.69) is 6.92 Å². The first kappa shape index (κ1) is 10.0. The van der Waals surface area contributed by atoms with Crippen molar-refractivity contribution in [3.63, 3.8) is 0 Å². The van der Waals surface area contributed by atoms with Crippen molar-refractivity contribution >= 4 is 0 Å². The van der Waals surface area contributed by atoms with E-state index >= 15 is 0 Å². The molecule has 0 bridgehead atoms. The summed E-state index contributed by atoms with van der Waals surface area (Å²) in [6.45, 7) is 3.03. The molecule has 2 unspecified atom stereocenters. The molecule has 1 N–H and O–H groups in total. The van der Waals surface area contributed by atoms with Crippen molar-refractivity contribution < 1.29 is 9.84 Å². The molecule has 0 spiro atoms. The van der Waals surface area contributed by atoms with Crippen LogP contribution in [0.2, 0.25) is 0 Å². The molecule has 0 radical (unpaired) electrons. The largest absolute Gasteiger partial charge is 0.393 e. The number of hydrogen-bond donors (Lipinski definition) is 1. The minimum absolute atomic E-state index is 0.0980.